The van der Waals surface area contributed by atoms with Crippen molar-refractivity contribution < 1.29 is 19.5 Å². The van der Waals surface area contributed by atoms with Gasteiger partial charge in [-0.15, -0.1) is 0 Å². The summed E-state index contributed by atoms with van der Waals surface area (Å²) >= 11 is 6.16. The molecule has 2 heterocycles. The number of aliphatic carboxylic acids is 1. The van der Waals surface area contributed by atoms with Gasteiger partial charge >= 0.3 is 5.97 Å². The molecule has 1 N–H and O–H groups in total. The number of likely N-dealkylation sites (tertiary alicyclic amines) is 1. The van der Waals surface area contributed by atoms with Gasteiger partial charge in [-0.3, -0.25) is 14.4 Å². The Morgan fingerprint density at radius 2 is 2.04 bits per heavy atom. The second-order valence-corrected chi connectivity index (χ2v) is 7.49. The Balaban J connectivity index is 1.73. The second kappa shape index (κ2) is 6.67. The molecule has 2 saturated heterocycles. The average Bonchev–Trinajstić information content (AvgIpc) is 2.96. The highest BCUT2D eigenvalue weighted by Crippen LogP contribution is 2.34. The molecule has 0 radical (unpaired) electrons. The van der Waals surface area contributed by atoms with E-state index in [0.717, 1.165) is 0 Å². The van der Waals surface area contributed by atoms with Crippen molar-refractivity contribution >= 4 is 35.1 Å². The molecule has 3 rings (SSSR count). The van der Waals surface area contributed by atoms with E-state index in [9.17, 15) is 19.5 Å². The van der Waals surface area contributed by atoms with Crippen LogP contribution in [0.25, 0.3) is 0 Å². The van der Waals surface area contributed by atoms with Crippen molar-refractivity contribution in [2.75, 3.05) is 24.5 Å². The zero-order valence-corrected chi connectivity index (χ0v) is 14.8. The number of nitrogens with zero attached hydrogens (tertiary/aromatic N) is 2. The maximum absolute atomic E-state index is 12.8. The number of para-hydroxylation sites is 1. The highest BCUT2D eigenvalue weighted by Gasteiger charge is 2.43. The van der Waals surface area contributed by atoms with Crippen LogP contribution in [0.2, 0.25) is 5.02 Å². The Bertz CT molecular complexity index is 723. The van der Waals surface area contributed by atoms with E-state index in [0.29, 0.717) is 30.1 Å². The molecular weight excluding hydrogens is 344 g/mol. The molecule has 1 aromatic carbocycles. The van der Waals surface area contributed by atoms with Crippen LogP contribution in [-0.4, -0.2) is 47.4 Å². The Kier molecular flexibility index (Phi) is 4.73. The van der Waals surface area contributed by atoms with Gasteiger partial charge in [0.2, 0.25) is 11.8 Å². The molecule has 2 amide bonds. The molecule has 6 nitrogen and oxygen atoms in total. The Hall–Kier alpha value is -2.08. The highest BCUT2D eigenvalue weighted by atomic mass is 35.5. The summed E-state index contributed by atoms with van der Waals surface area (Å²) in [7, 11) is 0. The van der Waals surface area contributed by atoms with Crippen LogP contribution in [0.15, 0.2) is 24.3 Å². The number of halogens is 1. The quantitative estimate of drug-likeness (QED) is 0.893. The summed E-state index contributed by atoms with van der Waals surface area (Å²) in [6.07, 6.45) is 1.34. The van der Waals surface area contributed by atoms with E-state index in [2.05, 4.69) is 0 Å². The summed E-state index contributed by atoms with van der Waals surface area (Å²) in [4.78, 5) is 39.8. The highest BCUT2D eigenvalue weighted by molar-refractivity contribution is 6.33. The van der Waals surface area contributed by atoms with Gasteiger partial charge in [-0.25, -0.2) is 0 Å². The van der Waals surface area contributed by atoms with Crippen molar-refractivity contribution in [3.63, 3.8) is 0 Å². The van der Waals surface area contributed by atoms with Crippen LogP contribution >= 0.6 is 11.6 Å². The third-order valence-electron chi connectivity index (χ3n) is 5.14. The van der Waals surface area contributed by atoms with Gasteiger partial charge in [0.1, 0.15) is 0 Å². The molecule has 2 aliphatic rings. The Morgan fingerprint density at radius 3 is 2.72 bits per heavy atom. The number of hydrogen-bond acceptors (Lipinski definition) is 3. The second-order valence-electron chi connectivity index (χ2n) is 7.09. The largest absolute Gasteiger partial charge is 0.481 e. The topological polar surface area (TPSA) is 77.9 Å². The van der Waals surface area contributed by atoms with Gasteiger partial charge in [0.15, 0.2) is 0 Å². The molecule has 2 atom stereocenters. The third kappa shape index (κ3) is 3.35. The molecule has 7 heteroatoms. The SMILES string of the molecule is CC1(C(=O)O)CCCN(C(=O)C2CC(=O)N(c3ccccc3Cl)C2)C1. The van der Waals surface area contributed by atoms with Crippen molar-refractivity contribution in [3.8, 4) is 0 Å². The molecule has 2 aliphatic heterocycles. The third-order valence-corrected chi connectivity index (χ3v) is 5.46. The summed E-state index contributed by atoms with van der Waals surface area (Å²) in [6.45, 7) is 2.68. The lowest BCUT2D eigenvalue weighted by atomic mass is 9.81. The lowest BCUT2D eigenvalue weighted by Crippen LogP contribution is -2.50. The van der Waals surface area contributed by atoms with E-state index in [1.54, 1.807) is 41.0 Å². The van der Waals surface area contributed by atoms with E-state index in [4.69, 9.17) is 11.6 Å². The molecule has 1 aromatic rings. The van der Waals surface area contributed by atoms with Crippen LogP contribution in [0.4, 0.5) is 5.69 Å². The van der Waals surface area contributed by atoms with Crippen molar-refractivity contribution in [1.82, 2.24) is 4.90 Å². The first kappa shape index (κ1) is 17.7. The molecule has 0 aliphatic carbocycles. The van der Waals surface area contributed by atoms with Crippen molar-refractivity contribution in [2.45, 2.75) is 26.2 Å². The summed E-state index contributed by atoms with van der Waals surface area (Å²) < 4.78 is 0. The van der Waals surface area contributed by atoms with Gasteiger partial charge in [-0.05, 0) is 31.9 Å². The number of carbonyl (C=O) groups is 3. The van der Waals surface area contributed by atoms with E-state index in [1.807, 2.05) is 0 Å². The number of hydrogen-bond donors (Lipinski definition) is 1. The van der Waals surface area contributed by atoms with Gasteiger partial charge in [0.25, 0.3) is 0 Å². The first-order valence-electron chi connectivity index (χ1n) is 8.39. The van der Waals surface area contributed by atoms with E-state index in [-0.39, 0.29) is 31.3 Å². The van der Waals surface area contributed by atoms with Crippen LogP contribution in [0, 0.1) is 11.3 Å². The number of piperidine rings is 1. The van der Waals surface area contributed by atoms with E-state index >= 15 is 0 Å². The lowest BCUT2D eigenvalue weighted by Gasteiger charge is -2.38. The van der Waals surface area contributed by atoms with E-state index < -0.39 is 17.3 Å². The minimum Gasteiger partial charge on any atom is -0.481 e. The average molecular weight is 365 g/mol. The van der Waals surface area contributed by atoms with Crippen LogP contribution in [0.1, 0.15) is 26.2 Å². The zero-order chi connectivity index (χ0) is 18.2. The van der Waals surface area contributed by atoms with Crippen LogP contribution in [-0.2, 0) is 14.4 Å². The van der Waals surface area contributed by atoms with Gasteiger partial charge in [0, 0.05) is 26.1 Å². The first-order chi connectivity index (χ1) is 11.8. The van der Waals surface area contributed by atoms with Gasteiger partial charge in [0.05, 0.1) is 22.0 Å². The Labute approximate surface area is 151 Å². The van der Waals surface area contributed by atoms with Crippen molar-refractivity contribution in [3.05, 3.63) is 29.3 Å². The van der Waals surface area contributed by atoms with Crippen molar-refractivity contribution in [1.29, 1.82) is 0 Å². The maximum atomic E-state index is 12.8. The summed E-state index contributed by atoms with van der Waals surface area (Å²) in [5.41, 5.74) is -0.308. The molecule has 25 heavy (non-hydrogen) atoms. The molecular formula is C18H21ClN2O4. The standard InChI is InChI=1S/C18H21ClN2O4/c1-18(17(24)25)7-4-8-20(11-18)16(23)12-9-15(22)21(10-12)14-6-3-2-5-13(14)19/h2-3,5-6,12H,4,7-11H2,1H3,(H,24,25). The predicted molar refractivity (Wildman–Crippen MR) is 93.5 cm³/mol. The summed E-state index contributed by atoms with van der Waals surface area (Å²) in [5.74, 6) is -1.62. The van der Waals surface area contributed by atoms with Gasteiger partial charge in [-0.1, -0.05) is 23.7 Å². The minimum absolute atomic E-state index is 0.129. The molecule has 0 saturated carbocycles. The van der Waals surface area contributed by atoms with Crippen LogP contribution < -0.4 is 4.90 Å². The summed E-state index contributed by atoms with van der Waals surface area (Å²) in [6, 6.07) is 7.06. The molecule has 2 fully saturated rings. The zero-order valence-electron chi connectivity index (χ0n) is 14.1. The number of carboxylic acids is 1. The van der Waals surface area contributed by atoms with Gasteiger partial charge < -0.3 is 14.9 Å². The van der Waals surface area contributed by atoms with Crippen LogP contribution in [0.3, 0.4) is 0 Å². The molecule has 0 spiro atoms. The fraction of sp³-hybridized carbons (Fsp3) is 0.500. The van der Waals surface area contributed by atoms with E-state index in [1.165, 1.54) is 0 Å². The fourth-order valence-electron chi connectivity index (χ4n) is 3.64. The number of carboxylic acid groups (broad SMARTS) is 1. The molecule has 0 bridgehead atoms. The molecule has 2 unspecified atom stereocenters. The molecule has 0 aromatic heterocycles. The lowest BCUT2D eigenvalue weighted by molar-refractivity contribution is -0.154. The number of benzene rings is 1. The predicted octanol–water partition coefficient (Wildman–Crippen LogP) is 2.41. The van der Waals surface area contributed by atoms with Crippen molar-refractivity contribution in [2.24, 2.45) is 11.3 Å². The maximum Gasteiger partial charge on any atom is 0.311 e. The molecule has 134 valence electrons. The first-order valence-corrected chi connectivity index (χ1v) is 8.77. The van der Waals surface area contributed by atoms with Crippen LogP contribution in [0.5, 0.6) is 0 Å². The number of amides is 2. The smallest absolute Gasteiger partial charge is 0.311 e. The monoisotopic (exact) mass is 364 g/mol. The number of carbonyl (C=O) groups excluding carboxylic acids is 2. The number of anilines is 1. The fourth-order valence-corrected chi connectivity index (χ4v) is 3.87. The van der Waals surface area contributed by atoms with Gasteiger partial charge in [-0.2, -0.15) is 0 Å². The number of rotatable bonds is 3. The summed E-state index contributed by atoms with van der Waals surface area (Å²) in [5, 5.41) is 9.88. The normalized spacial score (nSPS) is 26.8. The Morgan fingerprint density at radius 1 is 1.32 bits per heavy atom. The minimum atomic E-state index is -0.918.